The van der Waals surface area contributed by atoms with E-state index in [1.807, 2.05) is 0 Å². The number of piperazine rings is 1. The lowest BCUT2D eigenvalue weighted by Gasteiger charge is -2.34. The molecule has 0 spiro atoms. The van der Waals surface area contributed by atoms with Gasteiger partial charge in [0.2, 0.25) is 0 Å². The van der Waals surface area contributed by atoms with Gasteiger partial charge in [-0.3, -0.25) is 0 Å². The van der Waals surface area contributed by atoms with Crippen LogP contribution in [-0.4, -0.2) is 55.6 Å². The number of nitrogens with two attached hydrogens (primary N) is 1. The Morgan fingerprint density at radius 1 is 0.650 bits per heavy atom. The van der Waals surface area contributed by atoms with Crippen molar-refractivity contribution >= 4 is 0 Å². The highest BCUT2D eigenvalue weighted by molar-refractivity contribution is 4.71. The molecule has 0 aromatic carbocycles. The monoisotopic (exact) mass is 283 g/mol. The Balaban J connectivity index is 1.91. The van der Waals surface area contributed by atoms with E-state index in [0.29, 0.717) is 0 Å². The molecule has 2 N–H and O–H groups in total. The number of rotatable bonds is 12. The number of nitrogens with zero attached hydrogens (tertiary/aromatic N) is 2. The molecule has 1 saturated heterocycles. The number of hydrogen-bond acceptors (Lipinski definition) is 3. The zero-order chi connectivity index (χ0) is 14.5. The van der Waals surface area contributed by atoms with Crippen molar-refractivity contribution in [3.8, 4) is 0 Å². The Bertz CT molecular complexity index is 200. The quantitative estimate of drug-likeness (QED) is 0.559. The Morgan fingerprint density at radius 3 is 1.60 bits per heavy atom. The first-order chi connectivity index (χ1) is 9.86. The third-order valence-corrected chi connectivity index (χ3v) is 4.47. The molecular weight excluding hydrogens is 246 g/mol. The van der Waals surface area contributed by atoms with Crippen molar-refractivity contribution < 1.29 is 0 Å². The molecule has 0 bridgehead atoms. The van der Waals surface area contributed by atoms with Crippen LogP contribution in [0.4, 0.5) is 0 Å². The van der Waals surface area contributed by atoms with Crippen LogP contribution in [0.2, 0.25) is 0 Å². The first-order valence-electron chi connectivity index (χ1n) is 9.01. The molecular formula is C17H37N3. The van der Waals surface area contributed by atoms with Gasteiger partial charge in [0.1, 0.15) is 0 Å². The Labute approximate surface area is 126 Å². The molecule has 0 radical (unpaired) electrons. The summed E-state index contributed by atoms with van der Waals surface area (Å²) in [5, 5.41) is 0. The van der Waals surface area contributed by atoms with E-state index in [9.17, 15) is 0 Å². The minimum Gasteiger partial charge on any atom is -0.330 e. The average Bonchev–Trinajstić information content (AvgIpc) is 2.49. The smallest absolute Gasteiger partial charge is 0.0110 e. The summed E-state index contributed by atoms with van der Waals surface area (Å²) >= 11 is 0. The fourth-order valence-electron chi connectivity index (χ4n) is 3.01. The normalized spacial score (nSPS) is 17.7. The van der Waals surface area contributed by atoms with Gasteiger partial charge in [0.25, 0.3) is 0 Å². The van der Waals surface area contributed by atoms with E-state index in [-0.39, 0.29) is 0 Å². The highest BCUT2D eigenvalue weighted by Gasteiger charge is 2.15. The van der Waals surface area contributed by atoms with Gasteiger partial charge in [-0.25, -0.2) is 0 Å². The molecule has 0 atom stereocenters. The Morgan fingerprint density at radius 2 is 1.10 bits per heavy atom. The van der Waals surface area contributed by atoms with Crippen LogP contribution in [0.1, 0.15) is 64.7 Å². The zero-order valence-corrected chi connectivity index (χ0v) is 13.8. The molecule has 3 nitrogen and oxygen atoms in total. The molecule has 0 aromatic heterocycles. The SMILES string of the molecule is CCCCCCCCN1CCN(CCCCCN)CC1. The van der Waals surface area contributed by atoms with Gasteiger partial charge in [-0.1, -0.05) is 45.4 Å². The third kappa shape index (κ3) is 8.93. The molecule has 3 heteroatoms. The molecule has 20 heavy (non-hydrogen) atoms. The van der Waals surface area contributed by atoms with E-state index in [0.717, 1.165) is 6.54 Å². The van der Waals surface area contributed by atoms with E-state index >= 15 is 0 Å². The molecule has 0 unspecified atom stereocenters. The van der Waals surface area contributed by atoms with Crippen molar-refractivity contribution in [2.75, 3.05) is 45.8 Å². The van der Waals surface area contributed by atoms with Gasteiger partial charge in [0, 0.05) is 26.2 Å². The van der Waals surface area contributed by atoms with Gasteiger partial charge in [-0.2, -0.15) is 0 Å². The highest BCUT2D eigenvalue weighted by Crippen LogP contribution is 2.08. The average molecular weight is 284 g/mol. The van der Waals surface area contributed by atoms with E-state index in [1.54, 1.807) is 0 Å². The molecule has 0 amide bonds. The summed E-state index contributed by atoms with van der Waals surface area (Å²) < 4.78 is 0. The summed E-state index contributed by atoms with van der Waals surface area (Å²) in [4.78, 5) is 5.30. The Hall–Kier alpha value is -0.120. The summed E-state index contributed by atoms with van der Waals surface area (Å²) in [5.41, 5.74) is 5.53. The van der Waals surface area contributed by atoms with E-state index < -0.39 is 0 Å². The van der Waals surface area contributed by atoms with Crippen LogP contribution in [0.5, 0.6) is 0 Å². The molecule has 1 aliphatic rings. The van der Waals surface area contributed by atoms with Crippen molar-refractivity contribution in [1.29, 1.82) is 0 Å². The predicted octanol–water partition coefficient (Wildman–Crippen LogP) is 3.09. The topological polar surface area (TPSA) is 32.5 Å². The second kappa shape index (κ2) is 12.6. The zero-order valence-electron chi connectivity index (χ0n) is 13.8. The van der Waals surface area contributed by atoms with Crippen molar-refractivity contribution in [1.82, 2.24) is 9.80 Å². The summed E-state index contributed by atoms with van der Waals surface area (Å²) in [7, 11) is 0. The molecule has 1 rings (SSSR count). The molecule has 1 aliphatic heterocycles. The lowest BCUT2D eigenvalue weighted by Crippen LogP contribution is -2.46. The van der Waals surface area contributed by atoms with Gasteiger partial charge in [0.15, 0.2) is 0 Å². The molecule has 1 heterocycles. The van der Waals surface area contributed by atoms with Crippen molar-refractivity contribution in [3.63, 3.8) is 0 Å². The summed E-state index contributed by atoms with van der Waals surface area (Å²) in [6.45, 7) is 10.9. The van der Waals surface area contributed by atoms with Gasteiger partial charge >= 0.3 is 0 Å². The third-order valence-electron chi connectivity index (χ3n) is 4.47. The summed E-state index contributed by atoms with van der Waals surface area (Å²) in [6, 6.07) is 0. The van der Waals surface area contributed by atoms with Crippen LogP contribution >= 0.6 is 0 Å². The second-order valence-corrected chi connectivity index (χ2v) is 6.30. The number of unbranched alkanes of at least 4 members (excludes halogenated alkanes) is 7. The molecule has 0 aromatic rings. The van der Waals surface area contributed by atoms with Crippen molar-refractivity contribution in [2.45, 2.75) is 64.7 Å². The van der Waals surface area contributed by atoms with Crippen LogP contribution in [0.25, 0.3) is 0 Å². The fraction of sp³-hybridized carbons (Fsp3) is 1.00. The lowest BCUT2D eigenvalue weighted by molar-refractivity contribution is 0.129. The maximum Gasteiger partial charge on any atom is 0.0110 e. The maximum atomic E-state index is 5.53. The first-order valence-corrected chi connectivity index (χ1v) is 9.01. The van der Waals surface area contributed by atoms with Crippen molar-refractivity contribution in [3.05, 3.63) is 0 Å². The first kappa shape index (κ1) is 17.9. The van der Waals surface area contributed by atoms with Crippen LogP contribution in [0, 0.1) is 0 Å². The van der Waals surface area contributed by atoms with Crippen LogP contribution < -0.4 is 5.73 Å². The fourth-order valence-corrected chi connectivity index (χ4v) is 3.01. The molecule has 1 fully saturated rings. The molecule has 0 aliphatic carbocycles. The maximum absolute atomic E-state index is 5.53. The summed E-state index contributed by atoms with van der Waals surface area (Å²) in [6.07, 6.45) is 12.3. The molecule has 120 valence electrons. The summed E-state index contributed by atoms with van der Waals surface area (Å²) in [5.74, 6) is 0. The van der Waals surface area contributed by atoms with E-state index in [2.05, 4.69) is 16.7 Å². The van der Waals surface area contributed by atoms with Gasteiger partial charge in [-0.05, 0) is 38.9 Å². The predicted molar refractivity (Wildman–Crippen MR) is 89.2 cm³/mol. The number of hydrogen-bond donors (Lipinski definition) is 1. The largest absolute Gasteiger partial charge is 0.330 e. The molecule has 0 saturated carbocycles. The van der Waals surface area contributed by atoms with Crippen LogP contribution in [0.15, 0.2) is 0 Å². The van der Waals surface area contributed by atoms with E-state index in [4.69, 9.17) is 5.73 Å². The second-order valence-electron chi connectivity index (χ2n) is 6.30. The highest BCUT2D eigenvalue weighted by atomic mass is 15.3. The Kier molecular flexibility index (Phi) is 11.3. The van der Waals surface area contributed by atoms with Gasteiger partial charge < -0.3 is 15.5 Å². The minimum atomic E-state index is 0.853. The van der Waals surface area contributed by atoms with Gasteiger partial charge in [0.05, 0.1) is 0 Å². The minimum absolute atomic E-state index is 0.853. The lowest BCUT2D eigenvalue weighted by atomic mass is 10.1. The standard InChI is InChI=1S/C17H37N3/c1-2-3-4-5-6-9-12-19-14-16-20(17-15-19)13-10-7-8-11-18/h2-18H2,1H3. The van der Waals surface area contributed by atoms with Crippen LogP contribution in [0.3, 0.4) is 0 Å². The van der Waals surface area contributed by atoms with Crippen molar-refractivity contribution in [2.24, 2.45) is 5.73 Å². The van der Waals surface area contributed by atoms with Gasteiger partial charge in [-0.15, -0.1) is 0 Å². The van der Waals surface area contributed by atoms with E-state index in [1.165, 1.54) is 97.1 Å². The van der Waals surface area contributed by atoms with Crippen LogP contribution in [-0.2, 0) is 0 Å².